The van der Waals surface area contributed by atoms with Crippen LogP contribution < -0.4 is 10.6 Å². The minimum Gasteiger partial charge on any atom is -0.508 e. The fourth-order valence-electron chi connectivity index (χ4n) is 2.26. The zero-order chi connectivity index (χ0) is 13.8. The van der Waals surface area contributed by atoms with Crippen molar-refractivity contribution in [3.05, 3.63) is 28.2 Å². The second kappa shape index (κ2) is 6.36. The van der Waals surface area contributed by atoms with Gasteiger partial charge in [-0.3, -0.25) is 9.69 Å². The smallest absolute Gasteiger partial charge is 0.238 e. The molecule has 1 fully saturated rings. The Morgan fingerprint density at radius 3 is 3.16 bits per heavy atom. The lowest BCUT2D eigenvalue weighted by Crippen LogP contribution is -2.56. The highest BCUT2D eigenvalue weighted by Gasteiger charge is 2.28. The first-order valence-corrected chi connectivity index (χ1v) is 7.05. The van der Waals surface area contributed by atoms with Gasteiger partial charge in [-0.1, -0.05) is 15.9 Å². The Labute approximate surface area is 121 Å². The Bertz CT molecular complexity index is 467. The average Bonchev–Trinajstić information content (AvgIpc) is 2.42. The molecule has 104 valence electrons. The molecule has 1 aliphatic heterocycles. The molecule has 1 aromatic carbocycles. The van der Waals surface area contributed by atoms with Gasteiger partial charge >= 0.3 is 0 Å². The lowest BCUT2D eigenvalue weighted by atomic mass is 10.1. The van der Waals surface area contributed by atoms with Crippen LogP contribution in [-0.4, -0.2) is 48.6 Å². The predicted octanol–water partition coefficient (Wildman–Crippen LogP) is 0.674. The molecule has 19 heavy (non-hydrogen) atoms. The molecular weight excluding hydrogens is 310 g/mol. The highest BCUT2D eigenvalue weighted by Crippen LogP contribution is 2.24. The number of nitrogens with one attached hydrogen (secondary N) is 2. The van der Waals surface area contributed by atoms with Crippen LogP contribution >= 0.6 is 15.9 Å². The number of phenols is 1. The maximum absolute atomic E-state index is 11.9. The lowest BCUT2D eigenvalue weighted by molar-refractivity contribution is -0.126. The highest BCUT2D eigenvalue weighted by molar-refractivity contribution is 9.10. The molecule has 1 aliphatic rings. The monoisotopic (exact) mass is 327 g/mol. The van der Waals surface area contributed by atoms with E-state index in [9.17, 15) is 9.90 Å². The van der Waals surface area contributed by atoms with Crippen LogP contribution in [0.4, 0.5) is 0 Å². The van der Waals surface area contributed by atoms with E-state index in [1.807, 2.05) is 6.07 Å². The number of carbonyl (C=O) groups is 1. The number of nitrogens with zero attached hydrogens (tertiary/aromatic N) is 1. The van der Waals surface area contributed by atoms with Gasteiger partial charge in [0, 0.05) is 43.3 Å². The van der Waals surface area contributed by atoms with Crippen LogP contribution in [0, 0.1) is 0 Å². The maximum Gasteiger partial charge on any atom is 0.238 e. The van der Waals surface area contributed by atoms with E-state index in [-0.39, 0.29) is 17.7 Å². The number of likely N-dealkylation sites (N-methyl/N-ethyl adjacent to an activating group) is 1. The Balaban J connectivity index is 2.15. The first-order chi connectivity index (χ1) is 9.11. The van der Waals surface area contributed by atoms with Gasteiger partial charge < -0.3 is 15.7 Å². The van der Waals surface area contributed by atoms with E-state index in [1.54, 1.807) is 19.2 Å². The van der Waals surface area contributed by atoms with E-state index in [0.29, 0.717) is 13.1 Å². The number of hydrogen-bond acceptors (Lipinski definition) is 4. The van der Waals surface area contributed by atoms with Gasteiger partial charge in [0.1, 0.15) is 11.8 Å². The maximum atomic E-state index is 11.9. The summed E-state index contributed by atoms with van der Waals surface area (Å²) in [6.45, 7) is 2.83. The Morgan fingerprint density at radius 1 is 1.63 bits per heavy atom. The number of carbonyl (C=O) groups excluding carboxylic acids is 1. The number of amides is 1. The quantitative estimate of drug-likeness (QED) is 0.763. The summed E-state index contributed by atoms with van der Waals surface area (Å²) in [6, 6.07) is 5.15. The van der Waals surface area contributed by atoms with Crippen LogP contribution in [0.2, 0.25) is 0 Å². The first kappa shape index (κ1) is 14.3. The first-order valence-electron chi connectivity index (χ1n) is 6.25. The van der Waals surface area contributed by atoms with Crippen LogP contribution in [0.5, 0.6) is 5.75 Å². The van der Waals surface area contributed by atoms with E-state index < -0.39 is 0 Å². The van der Waals surface area contributed by atoms with Crippen LogP contribution in [-0.2, 0) is 11.3 Å². The molecule has 0 bridgehead atoms. The van der Waals surface area contributed by atoms with Gasteiger partial charge in [-0.05, 0) is 18.2 Å². The molecule has 1 saturated heterocycles. The number of phenolic OH excluding ortho intramolecular Hbond substituents is 1. The number of rotatable bonds is 3. The molecule has 1 atom stereocenters. The van der Waals surface area contributed by atoms with E-state index in [0.717, 1.165) is 23.1 Å². The molecule has 3 N–H and O–H groups in total. The van der Waals surface area contributed by atoms with Gasteiger partial charge in [0.05, 0.1) is 0 Å². The molecule has 2 rings (SSSR count). The van der Waals surface area contributed by atoms with Crippen molar-refractivity contribution in [2.45, 2.75) is 12.6 Å². The highest BCUT2D eigenvalue weighted by atomic mass is 79.9. The fraction of sp³-hybridized carbons (Fsp3) is 0.462. The molecule has 0 aromatic heterocycles. The zero-order valence-corrected chi connectivity index (χ0v) is 12.4. The normalized spacial score (nSPS) is 20.2. The Hall–Kier alpha value is -1.11. The SMILES string of the molecule is CNC(=O)C1CNCCN1Cc1cc(Br)ccc1O. The predicted molar refractivity (Wildman–Crippen MR) is 76.9 cm³/mol. The summed E-state index contributed by atoms with van der Waals surface area (Å²) < 4.78 is 0.923. The van der Waals surface area contributed by atoms with Crippen molar-refractivity contribution < 1.29 is 9.90 Å². The van der Waals surface area contributed by atoms with E-state index >= 15 is 0 Å². The lowest BCUT2D eigenvalue weighted by Gasteiger charge is -2.35. The molecule has 1 amide bonds. The van der Waals surface area contributed by atoms with Gasteiger partial charge in [0.25, 0.3) is 0 Å². The minimum atomic E-state index is -0.197. The number of hydrogen-bond donors (Lipinski definition) is 3. The fourth-order valence-corrected chi connectivity index (χ4v) is 2.67. The molecular formula is C13H18BrN3O2. The summed E-state index contributed by atoms with van der Waals surface area (Å²) >= 11 is 3.40. The number of halogens is 1. The summed E-state index contributed by atoms with van der Waals surface area (Å²) in [4.78, 5) is 13.9. The molecule has 6 heteroatoms. The van der Waals surface area contributed by atoms with Crippen LogP contribution in [0.1, 0.15) is 5.56 Å². The van der Waals surface area contributed by atoms with E-state index in [2.05, 4.69) is 31.5 Å². The summed E-state index contributed by atoms with van der Waals surface area (Å²) in [5.74, 6) is 0.263. The third-order valence-corrected chi connectivity index (χ3v) is 3.81. The summed E-state index contributed by atoms with van der Waals surface area (Å²) in [7, 11) is 1.64. The molecule has 1 aromatic rings. The molecule has 0 radical (unpaired) electrons. The molecule has 1 unspecified atom stereocenters. The van der Waals surface area contributed by atoms with Gasteiger partial charge in [-0.25, -0.2) is 0 Å². The van der Waals surface area contributed by atoms with Crippen LogP contribution in [0.15, 0.2) is 22.7 Å². The number of piperazine rings is 1. The van der Waals surface area contributed by atoms with Crippen LogP contribution in [0.3, 0.4) is 0 Å². The third kappa shape index (κ3) is 3.46. The Kier molecular flexibility index (Phi) is 4.79. The van der Waals surface area contributed by atoms with Crippen molar-refractivity contribution in [2.24, 2.45) is 0 Å². The summed E-state index contributed by atoms with van der Waals surface area (Å²) in [5, 5.41) is 15.8. The van der Waals surface area contributed by atoms with Crippen molar-refractivity contribution in [1.82, 2.24) is 15.5 Å². The van der Waals surface area contributed by atoms with Gasteiger partial charge in [-0.2, -0.15) is 0 Å². The molecule has 0 saturated carbocycles. The molecule has 0 aliphatic carbocycles. The largest absolute Gasteiger partial charge is 0.508 e. The third-order valence-electron chi connectivity index (χ3n) is 3.32. The van der Waals surface area contributed by atoms with Crippen molar-refractivity contribution >= 4 is 21.8 Å². The van der Waals surface area contributed by atoms with E-state index in [4.69, 9.17) is 0 Å². The number of aromatic hydroxyl groups is 1. The topological polar surface area (TPSA) is 64.6 Å². The second-order valence-electron chi connectivity index (χ2n) is 4.58. The van der Waals surface area contributed by atoms with Gasteiger partial charge in [-0.15, -0.1) is 0 Å². The second-order valence-corrected chi connectivity index (χ2v) is 5.49. The average molecular weight is 328 g/mol. The number of benzene rings is 1. The van der Waals surface area contributed by atoms with Crippen molar-refractivity contribution in [2.75, 3.05) is 26.7 Å². The zero-order valence-electron chi connectivity index (χ0n) is 10.8. The van der Waals surface area contributed by atoms with Crippen LogP contribution in [0.25, 0.3) is 0 Å². The summed E-state index contributed by atoms with van der Waals surface area (Å²) in [5.41, 5.74) is 0.824. The standard InChI is InChI=1S/C13H18BrN3O2/c1-15-13(19)11-7-16-4-5-17(11)8-9-6-10(14)2-3-12(9)18/h2-3,6,11,16,18H,4-5,7-8H2,1H3,(H,15,19). The summed E-state index contributed by atoms with van der Waals surface area (Å²) in [6.07, 6.45) is 0. The Morgan fingerprint density at radius 2 is 2.42 bits per heavy atom. The minimum absolute atomic E-state index is 0.00156. The van der Waals surface area contributed by atoms with Gasteiger partial charge in [0.2, 0.25) is 5.91 Å². The van der Waals surface area contributed by atoms with E-state index in [1.165, 1.54) is 0 Å². The molecule has 0 spiro atoms. The van der Waals surface area contributed by atoms with Crippen molar-refractivity contribution in [3.8, 4) is 5.75 Å². The van der Waals surface area contributed by atoms with Crippen molar-refractivity contribution in [3.63, 3.8) is 0 Å². The van der Waals surface area contributed by atoms with Crippen molar-refractivity contribution in [1.29, 1.82) is 0 Å². The molecule has 1 heterocycles. The molecule has 5 nitrogen and oxygen atoms in total. The van der Waals surface area contributed by atoms with Gasteiger partial charge in [0.15, 0.2) is 0 Å².